The number of nitrogens with one attached hydrogen (secondary N) is 1. The van der Waals surface area contributed by atoms with Crippen molar-refractivity contribution in [2.75, 3.05) is 6.54 Å². The van der Waals surface area contributed by atoms with E-state index in [4.69, 9.17) is 0 Å². The van der Waals surface area contributed by atoms with Crippen molar-refractivity contribution in [3.63, 3.8) is 0 Å². The molecule has 1 amide bonds. The highest BCUT2D eigenvalue weighted by Gasteiger charge is 2.15. The van der Waals surface area contributed by atoms with Gasteiger partial charge in [0, 0.05) is 42.2 Å². The summed E-state index contributed by atoms with van der Waals surface area (Å²) in [5.74, 6) is -0.441. The molecule has 0 fully saturated rings. The molecule has 2 heterocycles. The van der Waals surface area contributed by atoms with Gasteiger partial charge in [-0.2, -0.15) is 0 Å². The van der Waals surface area contributed by atoms with E-state index >= 15 is 0 Å². The van der Waals surface area contributed by atoms with Gasteiger partial charge in [-0.25, -0.2) is 9.37 Å². The lowest BCUT2D eigenvalue weighted by molar-refractivity contribution is 0.0954. The number of benzene rings is 2. The average molecular weight is 403 g/mol. The van der Waals surface area contributed by atoms with Crippen molar-refractivity contribution in [1.82, 2.24) is 15.3 Å². The molecule has 0 aliphatic rings. The molecule has 6 heteroatoms. The smallest absolute Gasteiger partial charge is 0.252 e. The van der Waals surface area contributed by atoms with E-state index in [0.29, 0.717) is 18.5 Å². The standard InChI is InChI=1S/C23H18FN3OS/c24-17-7-5-6-16(14-17)21-15-27-23(29-21)20-10-2-1-9-19(20)22(28)26-13-11-18-8-3-4-12-25-18/h1-10,12,14-15H,11,13H2,(H,26,28). The van der Waals surface area contributed by atoms with Crippen LogP contribution in [0.15, 0.2) is 79.1 Å². The number of hydrogen-bond acceptors (Lipinski definition) is 4. The maximum Gasteiger partial charge on any atom is 0.252 e. The normalized spacial score (nSPS) is 10.7. The van der Waals surface area contributed by atoms with Gasteiger partial charge in [0.2, 0.25) is 0 Å². The van der Waals surface area contributed by atoms with E-state index < -0.39 is 0 Å². The van der Waals surface area contributed by atoms with Gasteiger partial charge in [-0.3, -0.25) is 9.78 Å². The predicted octanol–water partition coefficient (Wildman–Crippen LogP) is 4.98. The Hall–Kier alpha value is -3.38. The largest absolute Gasteiger partial charge is 0.352 e. The van der Waals surface area contributed by atoms with E-state index in [1.165, 1.54) is 23.5 Å². The third kappa shape index (κ3) is 4.55. The first-order chi connectivity index (χ1) is 14.2. The second kappa shape index (κ2) is 8.75. The molecule has 4 nitrogen and oxygen atoms in total. The van der Waals surface area contributed by atoms with Gasteiger partial charge in [0.05, 0.1) is 4.88 Å². The minimum Gasteiger partial charge on any atom is -0.352 e. The molecule has 1 N–H and O–H groups in total. The SMILES string of the molecule is O=C(NCCc1ccccn1)c1ccccc1-c1ncc(-c2cccc(F)c2)s1. The Morgan fingerprint density at radius 2 is 1.86 bits per heavy atom. The molecule has 0 unspecified atom stereocenters. The number of thiazole rings is 1. The number of carbonyl (C=O) groups excluding carboxylic acids is 1. The lowest BCUT2D eigenvalue weighted by Gasteiger charge is -2.08. The van der Waals surface area contributed by atoms with Crippen LogP contribution in [-0.4, -0.2) is 22.4 Å². The van der Waals surface area contributed by atoms with Crippen LogP contribution in [0, 0.1) is 5.82 Å². The molecule has 0 radical (unpaired) electrons. The number of nitrogens with zero attached hydrogens (tertiary/aromatic N) is 2. The summed E-state index contributed by atoms with van der Waals surface area (Å²) in [7, 11) is 0. The van der Waals surface area contributed by atoms with Crippen LogP contribution in [0.2, 0.25) is 0 Å². The Bertz CT molecular complexity index is 1130. The number of hydrogen-bond donors (Lipinski definition) is 1. The summed E-state index contributed by atoms with van der Waals surface area (Å²) in [5, 5.41) is 3.67. The molecular formula is C23H18FN3OS. The van der Waals surface area contributed by atoms with Crippen molar-refractivity contribution in [1.29, 1.82) is 0 Å². The molecule has 0 bridgehead atoms. The predicted molar refractivity (Wildman–Crippen MR) is 113 cm³/mol. The highest BCUT2D eigenvalue weighted by molar-refractivity contribution is 7.18. The molecule has 0 saturated carbocycles. The van der Waals surface area contributed by atoms with Gasteiger partial charge < -0.3 is 5.32 Å². The average Bonchev–Trinajstić information content (AvgIpc) is 3.25. The second-order valence-corrected chi connectivity index (χ2v) is 7.44. The molecule has 0 aliphatic carbocycles. The Labute approximate surface area is 172 Å². The van der Waals surface area contributed by atoms with Crippen LogP contribution < -0.4 is 5.32 Å². The first-order valence-electron chi connectivity index (χ1n) is 9.20. The van der Waals surface area contributed by atoms with Crippen molar-refractivity contribution in [3.8, 4) is 21.0 Å². The van der Waals surface area contributed by atoms with Crippen molar-refractivity contribution < 1.29 is 9.18 Å². The molecule has 2 aromatic carbocycles. The van der Waals surface area contributed by atoms with Gasteiger partial charge in [0.15, 0.2) is 0 Å². The van der Waals surface area contributed by atoms with Crippen LogP contribution in [-0.2, 0) is 6.42 Å². The minimum atomic E-state index is -0.287. The Balaban J connectivity index is 1.52. The monoisotopic (exact) mass is 403 g/mol. The van der Waals surface area contributed by atoms with Crippen LogP contribution in [0.5, 0.6) is 0 Å². The Kier molecular flexibility index (Phi) is 5.72. The lowest BCUT2D eigenvalue weighted by atomic mass is 10.1. The number of aromatic nitrogens is 2. The third-order valence-electron chi connectivity index (χ3n) is 4.41. The van der Waals surface area contributed by atoms with Crippen LogP contribution in [0.4, 0.5) is 4.39 Å². The summed E-state index contributed by atoms with van der Waals surface area (Å²) in [6, 6.07) is 19.5. The van der Waals surface area contributed by atoms with Crippen molar-refractivity contribution >= 4 is 17.2 Å². The number of carbonyl (C=O) groups is 1. The zero-order valence-electron chi connectivity index (χ0n) is 15.5. The summed E-state index contributed by atoms with van der Waals surface area (Å²) >= 11 is 1.43. The lowest BCUT2D eigenvalue weighted by Crippen LogP contribution is -2.26. The van der Waals surface area contributed by atoms with Gasteiger partial charge in [-0.1, -0.05) is 36.4 Å². The number of halogens is 1. The fourth-order valence-corrected chi connectivity index (χ4v) is 3.94. The maximum atomic E-state index is 13.5. The van der Waals surface area contributed by atoms with Gasteiger partial charge in [0.25, 0.3) is 5.91 Å². The fourth-order valence-electron chi connectivity index (χ4n) is 2.99. The molecule has 0 spiro atoms. The minimum absolute atomic E-state index is 0.154. The van der Waals surface area contributed by atoms with Crippen LogP contribution >= 0.6 is 11.3 Å². The van der Waals surface area contributed by atoms with Crippen LogP contribution in [0.25, 0.3) is 21.0 Å². The van der Waals surface area contributed by atoms with Crippen LogP contribution in [0.3, 0.4) is 0 Å². The summed E-state index contributed by atoms with van der Waals surface area (Å²) in [5.41, 5.74) is 3.02. The van der Waals surface area contributed by atoms with Gasteiger partial charge in [-0.15, -0.1) is 11.3 Å². The third-order valence-corrected chi connectivity index (χ3v) is 5.49. The molecule has 0 aliphatic heterocycles. The quantitative estimate of drug-likeness (QED) is 0.494. The van der Waals surface area contributed by atoms with Crippen LogP contribution in [0.1, 0.15) is 16.1 Å². The molecule has 29 heavy (non-hydrogen) atoms. The van der Waals surface area contributed by atoms with E-state index in [1.807, 2.05) is 42.5 Å². The van der Waals surface area contributed by atoms with E-state index in [2.05, 4.69) is 15.3 Å². The van der Waals surface area contributed by atoms with Gasteiger partial charge in [-0.05, 0) is 35.9 Å². The van der Waals surface area contributed by atoms with Gasteiger partial charge >= 0.3 is 0 Å². The molecule has 2 aromatic heterocycles. The first kappa shape index (κ1) is 19.0. The highest BCUT2D eigenvalue weighted by Crippen LogP contribution is 2.33. The zero-order chi connectivity index (χ0) is 20.1. The summed E-state index contributed by atoms with van der Waals surface area (Å²) in [6.45, 7) is 0.497. The van der Waals surface area contributed by atoms with Crippen molar-refractivity contribution in [2.45, 2.75) is 6.42 Å². The number of pyridine rings is 1. The highest BCUT2D eigenvalue weighted by atomic mass is 32.1. The Morgan fingerprint density at radius 1 is 1.00 bits per heavy atom. The van der Waals surface area contributed by atoms with Crippen molar-refractivity contribution in [2.24, 2.45) is 0 Å². The number of rotatable bonds is 6. The van der Waals surface area contributed by atoms with Gasteiger partial charge in [0.1, 0.15) is 10.8 Å². The van der Waals surface area contributed by atoms with E-state index in [0.717, 1.165) is 26.7 Å². The molecule has 4 rings (SSSR count). The first-order valence-corrected chi connectivity index (χ1v) is 10.0. The fraction of sp³-hybridized carbons (Fsp3) is 0.0870. The van der Waals surface area contributed by atoms with Crippen molar-refractivity contribution in [3.05, 3.63) is 96.2 Å². The zero-order valence-corrected chi connectivity index (χ0v) is 16.3. The molecule has 0 atom stereocenters. The van der Waals surface area contributed by atoms with E-state index in [-0.39, 0.29) is 11.7 Å². The molecule has 0 saturated heterocycles. The second-order valence-electron chi connectivity index (χ2n) is 6.41. The topological polar surface area (TPSA) is 54.9 Å². The summed E-state index contributed by atoms with van der Waals surface area (Å²) < 4.78 is 13.5. The van der Waals surface area contributed by atoms with E-state index in [9.17, 15) is 9.18 Å². The molecule has 4 aromatic rings. The number of amides is 1. The summed E-state index contributed by atoms with van der Waals surface area (Å²) in [4.78, 5) is 22.3. The maximum absolute atomic E-state index is 13.5. The molecular weight excluding hydrogens is 385 g/mol. The Morgan fingerprint density at radius 3 is 2.69 bits per heavy atom. The summed E-state index contributed by atoms with van der Waals surface area (Å²) in [6.07, 6.45) is 4.12. The molecule has 144 valence electrons. The van der Waals surface area contributed by atoms with E-state index in [1.54, 1.807) is 24.5 Å².